The third-order valence-electron chi connectivity index (χ3n) is 2.86. The summed E-state index contributed by atoms with van der Waals surface area (Å²) < 4.78 is 16.4. The van der Waals surface area contributed by atoms with Crippen molar-refractivity contribution in [2.24, 2.45) is 0 Å². The van der Waals surface area contributed by atoms with Crippen molar-refractivity contribution in [3.63, 3.8) is 0 Å². The Morgan fingerprint density at radius 3 is 2.35 bits per heavy atom. The van der Waals surface area contributed by atoms with E-state index in [1.165, 1.54) is 19.3 Å². The summed E-state index contributed by atoms with van der Waals surface area (Å²) in [6.45, 7) is 4.84. The van der Waals surface area contributed by atoms with Gasteiger partial charge in [-0.2, -0.15) is 0 Å². The maximum atomic E-state index is 11.1. The molecule has 1 rings (SSSR count). The maximum absolute atomic E-state index is 11.1. The Balaban J connectivity index is 2.29. The zero-order valence-electron chi connectivity index (χ0n) is 11.0. The molecule has 1 heterocycles. The lowest BCUT2D eigenvalue weighted by Gasteiger charge is -2.35. The summed E-state index contributed by atoms with van der Waals surface area (Å²) in [6.07, 6.45) is 6.60. The summed E-state index contributed by atoms with van der Waals surface area (Å²) in [5, 5.41) is 0. The van der Waals surface area contributed by atoms with Gasteiger partial charge < -0.3 is 14.2 Å². The van der Waals surface area contributed by atoms with Crippen molar-refractivity contribution >= 4 is 5.78 Å². The Morgan fingerprint density at radius 2 is 1.76 bits per heavy atom. The van der Waals surface area contributed by atoms with Crippen molar-refractivity contribution in [2.75, 3.05) is 19.8 Å². The van der Waals surface area contributed by atoms with Gasteiger partial charge in [-0.25, -0.2) is 0 Å². The van der Waals surface area contributed by atoms with Crippen molar-refractivity contribution in [1.82, 2.24) is 0 Å². The largest absolute Gasteiger partial charge is 0.328 e. The van der Waals surface area contributed by atoms with Crippen molar-refractivity contribution < 1.29 is 19.0 Å². The molecular formula is C13H24O4. The Morgan fingerprint density at radius 1 is 1.12 bits per heavy atom. The van der Waals surface area contributed by atoms with Gasteiger partial charge in [-0.1, -0.05) is 32.6 Å². The van der Waals surface area contributed by atoms with Crippen molar-refractivity contribution in [2.45, 2.75) is 58.3 Å². The minimum absolute atomic E-state index is 0.0219. The molecule has 0 aromatic carbocycles. The molecule has 4 nitrogen and oxygen atoms in total. The SMILES string of the molecule is CCCCCCCC1(OCC)OCC(=O)CO1. The molecule has 1 saturated heterocycles. The number of unbranched alkanes of at least 4 members (excludes halogenated alkanes) is 4. The van der Waals surface area contributed by atoms with E-state index in [0.29, 0.717) is 13.0 Å². The van der Waals surface area contributed by atoms with E-state index in [4.69, 9.17) is 14.2 Å². The summed E-state index contributed by atoms with van der Waals surface area (Å²) in [5.74, 6) is -0.985. The molecule has 17 heavy (non-hydrogen) atoms. The van der Waals surface area contributed by atoms with Crippen LogP contribution in [-0.2, 0) is 19.0 Å². The fourth-order valence-electron chi connectivity index (χ4n) is 1.93. The second-order valence-corrected chi connectivity index (χ2v) is 4.40. The van der Waals surface area contributed by atoms with Crippen LogP contribution in [0.3, 0.4) is 0 Å². The van der Waals surface area contributed by atoms with Gasteiger partial charge in [-0.05, 0) is 13.3 Å². The monoisotopic (exact) mass is 244 g/mol. The Bertz CT molecular complexity index is 217. The Hall–Kier alpha value is -0.450. The van der Waals surface area contributed by atoms with Crippen LogP contribution in [0.1, 0.15) is 52.4 Å². The molecule has 1 aliphatic heterocycles. The molecule has 0 N–H and O–H groups in total. The van der Waals surface area contributed by atoms with Gasteiger partial charge in [-0.15, -0.1) is 0 Å². The van der Waals surface area contributed by atoms with E-state index in [2.05, 4.69) is 6.92 Å². The number of carbonyl (C=O) groups excluding carboxylic acids is 1. The predicted octanol–water partition coefficient (Wildman–Crippen LogP) is 2.65. The molecule has 0 saturated carbocycles. The number of hydrogen-bond donors (Lipinski definition) is 0. The van der Waals surface area contributed by atoms with Gasteiger partial charge in [0.15, 0.2) is 5.78 Å². The van der Waals surface area contributed by atoms with Crippen LogP contribution < -0.4 is 0 Å². The van der Waals surface area contributed by atoms with Crippen LogP contribution in [0.5, 0.6) is 0 Å². The van der Waals surface area contributed by atoms with E-state index in [1.54, 1.807) is 0 Å². The number of carbonyl (C=O) groups is 1. The normalized spacial score (nSPS) is 19.5. The molecule has 0 spiro atoms. The fourth-order valence-corrected chi connectivity index (χ4v) is 1.93. The topological polar surface area (TPSA) is 44.8 Å². The lowest BCUT2D eigenvalue weighted by atomic mass is 10.1. The molecule has 0 amide bonds. The van der Waals surface area contributed by atoms with E-state index in [1.807, 2.05) is 6.92 Å². The fraction of sp³-hybridized carbons (Fsp3) is 0.923. The van der Waals surface area contributed by atoms with Gasteiger partial charge in [0.05, 0.1) is 0 Å². The van der Waals surface area contributed by atoms with E-state index in [-0.39, 0.29) is 19.0 Å². The Kier molecular flexibility index (Phi) is 6.70. The average Bonchev–Trinajstić information content (AvgIpc) is 2.33. The van der Waals surface area contributed by atoms with Crippen LogP contribution in [0, 0.1) is 0 Å². The highest BCUT2D eigenvalue weighted by Crippen LogP contribution is 2.26. The number of ether oxygens (including phenoxy) is 3. The average molecular weight is 244 g/mol. The highest BCUT2D eigenvalue weighted by Gasteiger charge is 2.37. The molecule has 100 valence electrons. The second-order valence-electron chi connectivity index (χ2n) is 4.40. The van der Waals surface area contributed by atoms with E-state index < -0.39 is 5.97 Å². The first-order valence-corrected chi connectivity index (χ1v) is 6.66. The van der Waals surface area contributed by atoms with Gasteiger partial charge >= 0.3 is 0 Å². The van der Waals surface area contributed by atoms with Crippen molar-refractivity contribution in [3.8, 4) is 0 Å². The highest BCUT2D eigenvalue weighted by atomic mass is 16.9. The van der Waals surface area contributed by atoms with Crippen molar-refractivity contribution in [1.29, 1.82) is 0 Å². The molecule has 0 aromatic heterocycles. The van der Waals surface area contributed by atoms with E-state index in [9.17, 15) is 4.79 Å². The van der Waals surface area contributed by atoms with Crippen LogP contribution >= 0.6 is 0 Å². The minimum atomic E-state index is -0.963. The van der Waals surface area contributed by atoms with E-state index in [0.717, 1.165) is 12.8 Å². The molecule has 1 aliphatic rings. The zero-order chi connectivity index (χ0) is 12.6. The van der Waals surface area contributed by atoms with Crippen LogP contribution in [0.2, 0.25) is 0 Å². The highest BCUT2D eigenvalue weighted by molar-refractivity contribution is 5.81. The summed E-state index contributed by atoms with van der Waals surface area (Å²) in [4.78, 5) is 11.1. The summed E-state index contributed by atoms with van der Waals surface area (Å²) in [5.41, 5.74) is 0. The van der Waals surface area contributed by atoms with Gasteiger partial charge in [-0.3, -0.25) is 4.79 Å². The molecule has 1 fully saturated rings. The number of hydrogen-bond acceptors (Lipinski definition) is 4. The number of ketones is 1. The number of rotatable bonds is 8. The lowest BCUT2D eigenvalue weighted by molar-refractivity contribution is -0.388. The molecule has 0 aliphatic carbocycles. The quantitative estimate of drug-likeness (QED) is 0.616. The minimum Gasteiger partial charge on any atom is -0.328 e. The van der Waals surface area contributed by atoms with Crippen LogP contribution in [0.4, 0.5) is 0 Å². The van der Waals surface area contributed by atoms with Crippen LogP contribution in [0.25, 0.3) is 0 Å². The second kappa shape index (κ2) is 7.80. The van der Waals surface area contributed by atoms with Crippen LogP contribution in [0.15, 0.2) is 0 Å². The summed E-state index contributed by atoms with van der Waals surface area (Å²) in [6, 6.07) is 0. The maximum Gasteiger partial charge on any atom is 0.283 e. The summed E-state index contributed by atoms with van der Waals surface area (Å²) in [7, 11) is 0. The molecule has 0 aromatic rings. The predicted molar refractivity (Wildman–Crippen MR) is 64.6 cm³/mol. The number of Topliss-reactive ketones (excluding diaryl/α,β-unsaturated/α-hetero) is 1. The zero-order valence-corrected chi connectivity index (χ0v) is 11.0. The third kappa shape index (κ3) is 5.15. The molecule has 0 atom stereocenters. The van der Waals surface area contributed by atoms with E-state index >= 15 is 0 Å². The van der Waals surface area contributed by atoms with Gasteiger partial charge in [0, 0.05) is 13.0 Å². The first kappa shape index (κ1) is 14.6. The standard InChI is InChI=1S/C13H24O4/c1-3-5-6-7-8-9-13(15-4-2)16-10-12(14)11-17-13/h3-11H2,1-2H3. The molecule has 0 radical (unpaired) electrons. The van der Waals surface area contributed by atoms with Crippen molar-refractivity contribution in [3.05, 3.63) is 0 Å². The molecule has 0 bridgehead atoms. The first-order valence-electron chi connectivity index (χ1n) is 6.66. The smallest absolute Gasteiger partial charge is 0.283 e. The van der Waals surface area contributed by atoms with Gasteiger partial charge in [0.2, 0.25) is 0 Å². The van der Waals surface area contributed by atoms with Crippen LogP contribution in [-0.4, -0.2) is 31.6 Å². The first-order chi connectivity index (χ1) is 8.22. The molecule has 4 heteroatoms. The molecule has 0 unspecified atom stereocenters. The molecular weight excluding hydrogens is 220 g/mol. The van der Waals surface area contributed by atoms with Gasteiger partial charge in [0.25, 0.3) is 5.97 Å². The summed E-state index contributed by atoms with van der Waals surface area (Å²) >= 11 is 0. The van der Waals surface area contributed by atoms with Gasteiger partial charge in [0.1, 0.15) is 13.2 Å². The Labute approximate surface area is 104 Å². The third-order valence-corrected chi connectivity index (χ3v) is 2.86. The lowest BCUT2D eigenvalue weighted by Crippen LogP contribution is -2.46.